The lowest BCUT2D eigenvalue weighted by atomic mass is 9.87. The van der Waals surface area contributed by atoms with Crippen LogP contribution in [0.4, 0.5) is 5.82 Å². The number of rotatable bonds is 34. The molecule has 8 N–H and O–H groups in total. The monoisotopic (exact) mass is 1150 g/mol. The van der Waals surface area contributed by atoms with Crippen LogP contribution in [0.5, 0.6) is 0 Å². The summed E-state index contributed by atoms with van der Waals surface area (Å²) in [4.78, 5) is 109. The summed E-state index contributed by atoms with van der Waals surface area (Å²) >= 11 is 0.899. The van der Waals surface area contributed by atoms with Gasteiger partial charge in [0.05, 0.1) is 52.1 Å². The fraction of sp³-hybridized carbons (Fsp3) is 0.786. The standard InChI is InChI=1S/C42H72N7O22P3S/c1-25(67-41-29(52)20-28(51)26(2)68-41)13-11-9-7-5-6-8-10-12-14-27(50)19-32(54)75-18-17-44-31(53)15-16-45-39(57)36(56)42(3,4)22-66-74(63,64)71-73(61,62)65-21-30-35(70-72(58,59)60)34(55)40(69-30)49-24-48-33-37(43)46-23-47-38(33)49/h23-26,28-30,34-36,40-41,51-52,55-56H,5-22H2,1-4H3,(H,44,53)(H,45,57)(H,61,62)(H,63,64)(H2,43,46,47)(H2,58,59,60)/p-4/t25-,26+,28-,29-,30-,34-,35-,36+,40-,41-/m1/s1. The molecule has 75 heavy (non-hydrogen) atoms. The van der Waals surface area contributed by atoms with E-state index in [2.05, 4.69) is 43.5 Å². The molecule has 0 spiro atoms. The number of aromatic nitrogens is 4. The Morgan fingerprint density at radius 1 is 0.907 bits per heavy atom. The van der Waals surface area contributed by atoms with Gasteiger partial charge in [0.2, 0.25) is 11.8 Å². The molecule has 2 fully saturated rings. The topological polar surface area (TPSA) is 451 Å². The first-order chi connectivity index (χ1) is 35.1. The van der Waals surface area contributed by atoms with E-state index in [0.29, 0.717) is 12.8 Å². The molecule has 2 unspecified atom stereocenters. The van der Waals surface area contributed by atoms with Crippen molar-refractivity contribution in [2.75, 3.05) is 37.8 Å². The quantitative estimate of drug-likeness (QED) is 0.0258. The van der Waals surface area contributed by atoms with Crippen molar-refractivity contribution in [2.45, 2.75) is 173 Å². The Labute approximate surface area is 437 Å². The van der Waals surface area contributed by atoms with Crippen LogP contribution in [0, 0.1) is 5.41 Å². The molecular formula is C42H68N7O22P3S-4. The number of phosphoric ester groups is 3. The average Bonchev–Trinajstić information content (AvgIpc) is 3.88. The lowest BCUT2D eigenvalue weighted by Crippen LogP contribution is -2.48. The number of ether oxygens (including phenoxy) is 3. The predicted molar refractivity (Wildman–Crippen MR) is 256 cm³/mol. The molecule has 2 aliphatic rings. The predicted octanol–water partition coefficient (Wildman–Crippen LogP) is -0.741. The average molecular weight is 1150 g/mol. The minimum Gasteiger partial charge on any atom is -0.790 e. The molecule has 2 amide bonds. The maximum absolute atomic E-state index is 12.7. The van der Waals surface area contributed by atoms with Gasteiger partial charge in [-0.15, -0.1) is 0 Å². The molecule has 0 radical (unpaired) electrons. The Morgan fingerprint density at radius 2 is 1.56 bits per heavy atom. The van der Waals surface area contributed by atoms with Crippen molar-refractivity contribution < 1.29 is 105 Å². The molecule has 0 aromatic carbocycles. The summed E-state index contributed by atoms with van der Waals surface area (Å²) in [6, 6.07) is 0. The van der Waals surface area contributed by atoms with E-state index in [4.69, 9.17) is 19.9 Å². The van der Waals surface area contributed by atoms with Crippen molar-refractivity contribution in [3.8, 4) is 0 Å². The number of imidazole rings is 1. The number of phosphoric acid groups is 3. The van der Waals surface area contributed by atoms with E-state index in [1.54, 1.807) is 6.92 Å². The molecule has 4 rings (SSSR count). The zero-order valence-electron chi connectivity index (χ0n) is 41.9. The second kappa shape index (κ2) is 29.9. The smallest absolute Gasteiger partial charge is 0.274 e. The fourth-order valence-electron chi connectivity index (χ4n) is 7.75. The number of nitrogens with two attached hydrogens (primary N) is 1. The third-order valence-corrected chi connectivity index (χ3v) is 15.8. The van der Waals surface area contributed by atoms with Crippen LogP contribution in [-0.2, 0) is 65.0 Å². The second-order valence-corrected chi connectivity index (χ2v) is 24.0. The number of fused-ring (bicyclic) bond motifs is 1. The number of nitrogens with one attached hydrogen (secondary N) is 2. The van der Waals surface area contributed by atoms with Crippen LogP contribution >= 0.6 is 35.2 Å². The highest BCUT2D eigenvalue weighted by atomic mass is 32.2. The van der Waals surface area contributed by atoms with Crippen LogP contribution in [0.2, 0.25) is 0 Å². The number of amides is 2. The van der Waals surface area contributed by atoms with E-state index in [-0.39, 0.29) is 78.2 Å². The van der Waals surface area contributed by atoms with Crippen molar-refractivity contribution in [2.24, 2.45) is 5.41 Å². The molecule has 0 aliphatic carbocycles. The van der Waals surface area contributed by atoms with Gasteiger partial charge in [0.25, 0.3) is 15.6 Å². The van der Waals surface area contributed by atoms with Gasteiger partial charge in [-0.3, -0.25) is 32.9 Å². The van der Waals surface area contributed by atoms with Gasteiger partial charge in [-0.25, -0.2) is 19.3 Å². The Bertz CT molecular complexity index is 2330. The highest BCUT2D eigenvalue weighted by Gasteiger charge is 2.47. The Kier molecular flexibility index (Phi) is 25.7. The summed E-state index contributed by atoms with van der Waals surface area (Å²) in [5, 5.41) is 45.9. The Hall–Kier alpha value is -2.93. The molecule has 0 saturated carbocycles. The first-order valence-corrected chi connectivity index (χ1v) is 29.6. The number of carbonyl (C=O) groups is 4. The largest absolute Gasteiger partial charge is 0.790 e. The van der Waals surface area contributed by atoms with E-state index in [0.717, 1.165) is 80.4 Å². The fourth-order valence-corrected chi connectivity index (χ4v) is 11.2. The zero-order valence-corrected chi connectivity index (χ0v) is 45.4. The van der Waals surface area contributed by atoms with Gasteiger partial charge in [-0.1, -0.05) is 70.6 Å². The molecule has 4 heterocycles. The molecule has 2 saturated heterocycles. The number of Topliss-reactive ketones (excluding diaryl/α,β-unsaturated/α-hetero) is 1. The van der Waals surface area contributed by atoms with Gasteiger partial charge >= 0.3 is 0 Å². The van der Waals surface area contributed by atoms with Crippen molar-refractivity contribution >= 4 is 74.9 Å². The molecule has 2 aromatic heterocycles. The molecule has 0 bridgehead atoms. The molecule has 33 heteroatoms. The van der Waals surface area contributed by atoms with E-state index in [1.165, 1.54) is 13.8 Å². The second-order valence-electron chi connectivity index (χ2n) is 18.8. The van der Waals surface area contributed by atoms with Gasteiger partial charge in [0, 0.05) is 43.5 Å². The number of hydrogen-bond donors (Lipinski definition) is 7. The Balaban J connectivity index is 1.03. The van der Waals surface area contributed by atoms with Crippen LogP contribution in [0.3, 0.4) is 0 Å². The minimum atomic E-state index is -5.95. The molecule has 2 aromatic rings. The number of aliphatic hydroxyl groups is 4. The third-order valence-electron chi connectivity index (χ3n) is 12.0. The van der Waals surface area contributed by atoms with Crippen LogP contribution < -0.4 is 35.9 Å². The number of hydrogen-bond acceptors (Lipinski definition) is 27. The van der Waals surface area contributed by atoms with E-state index >= 15 is 0 Å². The maximum Gasteiger partial charge on any atom is 0.274 e. The summed E-state index contributed by atoms with van der Waals surface area (Å²) in [6.07, 6.45) is -1.65. The van der Waals surface area contributed by atoms with Crippen molar-refractivity contribution in [1.82, 2.24) is 30.2 Å². The van der Waals surface area contributed by atoms with Crippen LogP contribution in [0.15, 0.2) is 12.7 Å². The number of nitrogen functional groups attached to an aromatic ring is 1. The third kappa shape index (κ3) is 22.0. The number of nitrogens with zero attached hydrogens (tertiary/aromatic N) is 4. The molecular weight excluding hydrogens is 1080 g/mol. The number of carbonyl (C=O) groups excluding carboxylic acids is 4. The first-order valence-electron chi connectivity index (χ1n) is 24.2. The van der Waals surface area contributed by atoms with Gasteiger partial charge in [0.1, 0.15) is 48.1 Å². The molecule has 2 aliphatic heterocycles. The molecule has 12 atom stereocenters. The van der Waals surface area contributed by atoms with Gasteiger partial charge in [-0.05, 0) is 26.7 Å². The van der Waals surface area contributed by atoms with Gasteiger partial charge < -0.3 is 88.7 Å². The van der Waals surface area contributed by atoms with Crippen molar-refractivity contribution in [1.29, 1.82) is 0 Å². The lowest BCUT2D eigenvalue weighted by molar-refractivity contribution is -0.347. The van der Waals surface area contributed by atoms with Gasteiger partial charge in [-0.2, -0.15) is 0 Å². The van der Waals surface area contributed by atoms with Crippen LogP contribution in [-0.4, -0.2) is 150 Å². The SMILES string of the molecule is C[C@H](CCCCCCCCCCC(=O)CC(=O)SCCNC(=O)CCNC(=O)[C@H](O)C(C)(C)COP(=O)([O-])OP(=O)([O-])OC[C@H]1O[C@@H](n2cnc3c(N)ncnc32)[C@H](O)[C@@H]1OP(=O)([O-])[O-])O[C@@H]1O[C@@H](C)[C@H](O)C[C@H]1O. The van der Waals surface area contributed by atoms with Crippen LogP contribution in [0.1, 0.15) is 117 Å². The van der Waals surface area contributed by atoms with Crippen molar-refractivity contribution in [3.05, 3.63) is 12.7 Å². The summed E-state index contributed by atoms with van der Waals surface area (Å²) in [7, 11) is -17.7. The van der Waals surface area contributed by atoms with Gasteiger partial charge in [0.15, 0.2) is 29.1 Å². The maximum atomic E-state index is 12.7. The highest BCUT2D eigenvalue weighted by Crippen LogP contribution is 2.56. The summed E-state index contributed by atoms with van der Waals surface area (Å²) < 4.78 is 72.2. The highest BCUT2D eigenvalue weighted by molar-refractivity contribution is 8.13. The lowest BCUT2D eigenvalue weighted by Gasteiger charge is -2.36. The summed E-state index contributed by atoms with van der Waals surface area (Å²) in [5.41, 5.74) is 4.02. The van der Waals surface area contributed by atoms with E-state index < -0.39 is 103 Å². The number of thioether (sulfide) groups is 1. The summed E-state index contributed by atoms with van der Waals surface area (Å²) in [5.74, 6) is -1.63. The number of unbranched alkanes of at least 4 members (excludes halogenated alkanes) is 7. The summed E-state index contributed by atoms with van der Waals surface area (Å²) in [6.45, 7) is 3.55. The Morgan fingerprint density at radius 3 is 2.24 bits per heavy atom. The molecule has 29 nitrogen and oxygen atoms in total. The zero-order chi connectivity index (χ0) is 55.7. The van der Waals surface area contributed by atoms with Crippen molar-refractivity contribution in [3.63, 3.8) is 0 Å². The first kappa shape index (κ1) is 64.6. The van der Waals surface area contributed by atoms with E-state index in [9.17, 15) is 72.9 Å². The number of ketones is 1. The van der Waals surface area contributed by atoms with Crippen LogP contribution in [0.25, 0.3) is 11.2 Å². The normalized spacial score (nSPS) is 24.8. The van der Waals surface area contributed by atoms with E-state index in [1.807, 2.05) is 6.92 Å². The molecule has 428 valence electrons. The number of anilines is 1. The number of aliphatic hydroxyl groups excluding tert-OH is 4. The minimum absolute atomic E-state index is 0.0323.